The van der Waals surface area contributed by atoms with Crippen molar-refractivity contribution < 1.29 is 17.2 Å². The summed E-state index contributed by atoms with van der Waals surface area (Å²) in [6, 6.07) is 7.77. The number of nitrogens with one attached hydrogen (secondary N) is 1. The quantitative estimate of drug-likeness (QED) is 0.904. The minimum absolute atomic E-state index is 0.0946. The molecule has 0 aromatic heterocycles. The molecular weight excluding hydrogens is 322 g/mol. The van der Waals surface area contributed by atoms with Crippen molar-refractivity contribution >= 4 is 27.3 Å². The average molecular weight is 333 g/mol. The van der Waals surface area contributed by atoms with Crippen molar-refractivity contribution in [2.45, 2.75) is 11.4 Å². The van der Waals surface area contributed by atoms with E-state index in [9.17, 15) is 17.2 Å². The summed E-state index contributed by atoms with van der Waals surface area (Å²) in [5, 5.41) is 0.155. The summed E-state index contributed by atoms with van der Waals surface area (Å²) in [5.74, 6) is -2.11. The van der Waals surface area contributed by atoms with Crippen molar-refractivity contribution in [2.75, 3.05) is 4.72 Å². The number of para-hydroxylation sites is 1. The summed E-state index contributed by atoms with van der Waals surface area (Å²) in [5.41, 5.74) is 4.83. The van der Waals surface area contributed by atoms with E-state index in [1.54, 1.807) is 12.1 Å². The lowest BCUT2D eigenvalue weighted by molar-refractivity contribution is 0.530. The second-order valence-corrected chi connectivity index (χ2v) is 6.19. The molecule has 2 rings (SSSR count). The van der Waals surface area contributed by atoms with Gasteiger partial charge < -0.3 is 5.73 Å². The van der Waals surface area contributed by atoms with Crippen LogP contribution in [0.2, 0.25) is 5.02 Å². The van der Waals surface area contributed by atoms with Gasteiger partial charge in [0, 0.05) is 12.1 Å². The lowest BCUT2D eigenvalue weighted by Crippen LogP contribution is -2.17. The highest BCUT2D eigenvalue weighted by atomic mass is 35.5. The van der Waals surface area contributed by atoms with Gasteiger partial charge in [0.25, 0.3) is 10.0 Å². The first-order valence-electron chi connectivity index (χ1n) is 5.81. The van der Waals surface area contributed by atoms with E-state index in [0.29, 0.717) is 0 Å². The van der Waals surface area contributed by atoms with Crippen LogP contribution in [0.5, 0.6) is 0 Å². The Morgan fingerprint density at radius 3 is 2.43 bits per heavy atom. The van der Waals surface area contributed by atoms with Gasteiger partial charge in [-0.1, -0.05) is 23.7 Å². The van der Waals surface area contributed by atoms with Gasteiger partial charge in [0.1, 0.15) is 10.7 Å². The molecule has 4 nitrogen and oxygen atoms in total. The zero-order chi connectivity index (χ0) is 15.6. The number of hydrogen-bond acceptors (Lipinski definition) is 3. The number of anilines is 1. The number of hydrogen-bond donors (Lipinski definition) is 2. The first kappa shape index (κ1) is 15.7. The number of sulfonamides is 1. The molecule has 0 aliphatic rings. The summed E-state index contributed by atoms with van der Waals surface area (Å²) in [7, 11) is -4.25. The van der Waals surface area contributed by atoms with Gasteiger partial charge in [0.2, 0.25) is 0 Å². The molecule has 0 atom stereocenters. The fourth-order valence-corrected chi connectivity index (χ4v) is 3.14. The molecule has 0 unspecified atom stereocenters. The molecule has 0 saturated heterocycles. The first-order chi connectivity index (χ1) is 9.86. The molecule has 3 N–H and O–H groups in total. The monoisotopic (exact) mass is 332 g/mol. The van der Waals surface area contributed by atoms with Crippen molar-refractivity contribution in [1.29, 1.82) is 0 Å². The third-order valence-corrected chi connectivity index (χ3v) is 4.47. The molecule has 0 aliphatic carbocycles. The summed E-state index contributed by atoms with van der Waals surface area (Å²) in [4.78, 5) is -0.690. The van der Waals surface area contributed by atoms with Crippen LogP contribution in [0.15, 0.2) is 41.3 Å². The van der Waals surface area contributed by atoms with Crippen LogP contribution in [0.1, 0.15) is 5.56 Å². The largest absolute Gasteiger partial charge is 0.326 e. The summed E-state index contributed by atoms with van der Waals surface area (Å²) in [6.07, 6.45) is 0. The summed E-state index contributed by atoms with van der Waals surface area (Å²) < 4.78 is 53.9. The van der Waals surface area contributed by atoms with E-state index in [2.05, 4.69) is 4.72 Å². The molecule has 2 aromatic carbocycles. The normalized spacial score (nSPS) is 11.4. The maximum Gasteiger partial charge on any atom is 0.264 e. The second-order valence-electron chi connectivity index (χ2n) is 4.13. The van der Waals surface area contributed by atoms with Crippen LogP contribution < -0.4 is 10.5 Å². The average Bonchev–Trinajstić information content (AvgIpc) is 2.41. The molecule has 2 aromatic rings. The molecule has 21 heavy (non-hydrogen) atoms. The lowest BCUT2D eigenvalue weighted by Gasteiger charge is -2.12. The van der Waals surface area contributed by atoms with Gasteiger partial charge in [-0.05, 0) is 24.3 Å². The minimum Gasteiger partial charge on any atom is -0.326 e. The van der Waals surface area contributed by atoms with Gasteiger partial charge in [-0.3, -0.25) is 4.72 Å². The highest BCUT2D eigenvalue weighted by molar-refractivity contribution is 7.92. The van der Waals surface area contributed by atoms with E-state index in [4.69, 9.17) is 17.3 Å². The Morgan fingerprint density at radius 2 is 1.81 bits per heavy atom. The maximum atomic E-state index is 14.1. The van der Waals surface area contributed by atoms with E-state index in [1.807, 2.05) is 0 Å². The van der Waals surface area contributed by atoms with Crippen molar-refractivity contribution in [3.63, 3.8) is 0 Å². The van der Waals surface area contributed by atoms with E-state index >= 15 is 0 Å². The Kier molecular flexibility index (Phi) is 4.46. The van der Waals surface area contributed by atoms with E-state index < -0.39 is 38.7 Å². The maximum absolute atomic E-state index is 14.1. The Labute approximate surface area is 125 Å². The van der Waals surface area contributed by atoms with Crippen LogP contribution in [0.25, 0.3) is 0 Å². The third-order valence-electron chi connectivity index (χ3n) is 2.76. The molecule has 0 radical (unpaired) electrons. The Bertz CT molecular complexity index is 782. The number of halogens is 3. The Morgan fingerprint density at radius 1 is 1.14 bits per heavy atom. The lowest BCUT2D eigenvalue weighted by atomic mass is 10.2. The zero-order valence-corrected chi connectivity index (χ0v) is 12.2. The van der Waals surface area contributed by atoms with Gasteiger partial charge in [0.15, 0.2) is 5.82 Å². The summed E-state index contributed by atoms with van der Waals surface area (Å²) in [6.45, 7) is -0.451. The van der Waals surface area contributed by atoms with Gasteiger partial charge in [-0.25, -0.2) is 17.2 Å². The first-order valence-corrected chi connectivity index (χ1v) is 7.67. The Hall–Kier alpha value is -1.70. The molecule has 8 heteroatoms. The third kappa shape index (κ3) is 3.15. The predicted octanol–water partition coefficient (Wildman–Crippen LogP) is 2.88. The number of nitrogens with two attached hydrogens (primary N) is 1. The molecule has 112 valence electrons. The van der Waals surface area contributed by atoms with Gasteiger partial charge in [-0.15, -0.1) is 0 Å². The van der Waals surface area contributed by atoms with Crippen LogP contribution >= 0.6 is 11.6 Å². The molecule has 0 aliphatic heterocycles. The van der Waals surface area contributed by atoms with Crippen molar-refractivity contribution in [1.82, 2.24) is 0 Å². The highest BCUT2D eigenvalue weighted by Gasteiger charge is 2.23. The highest BCUT2D eigenvalue weighted by Crippen LogP contribution is 2.26. The number of rotatable bonds is 4. The molecule has 0 saturated carbocycles. The molecular formula is C13H11ClF2N2O2S. The fraction of sp³-hybridized carbons (Fsp3) is 0.0769. The van der Waals surface area contributed by atoms with Crippen LogP contribution in [-0.4, -0.2) is 8.42 Å². The topological polar surface area (TPSA) is 72.2 Å². The van der Waals surface area contributed by atoms with Gasteiger partial charge in [0.05, 0.1) is 10.7 Å². The molecule has 0 amide bonds. The van der Waals surface area contributed by atoms with Gasteiger partial charge in [-0.2, -0.15) is 0 Å². The van der Waals surface area contributed by atoms with Crippen molar-refractivity contribution in [3.05, 3.63) is 58.6 Å². The zero-order valence-electron chi connectivity index (χ0n) is 10.6. The molecule has 0 bridgehead atoms. The smallest absolute Gasteiger partial charge is 0.264 e. The molecule has 0 heterocycles. The van der Waals surface area contributed by atoms with Gasteiger partial charge >= 0.3 is 0 Å². The van der Waals surface area contributed by atoms with E-state index in [1.165, 1.54) is 12.1 Å². The minimum atomic E-state index is -4.25. The summed E-state index contributed by atoms with van der Waals surface area (Å²) >= 11 is 5.84. The Balaban J connectivity index is 2.48. The van der Waals surface area contributed by atoms with Crippen LogP contribution in [0, 0.1) is 11.6 Å². The predicted molar refractivity (Wildman–Crippen MR) is 76.5 cm³/mol. The second kappa shape index (κ2) is 5.97. The standard InChI is InChI=1S/C13H11ClF2N2O2S/c14-9-3-1-2-4-11(9)18-21(19,20)12-6-5-10(15)8(7-17)13(12)16/h1-6,18H,7,17H2. The van der Waals surface area contributed by atoms with E-state index in [0.717, 1.165) is 12.1 Å². The number of benzene rings is 2. The SMILES string of the molecule is NCc1c(F)ccc(S(=O)(=O)Nc2ccccc2Cl)c1F. The van der Waals surface area contributed by atoms with Crippen LogP contribution in [-0.2, 0) is 16.6 Å². The van der Waals surface area contributed by atoms with Crippen LogP contribution in [0.4, 0.5) is 14.5 Å². The molecule has 0 fully saturated rings. The van der Waals surface area contributed by atoms with Crippen LogP contribution in [0.3, 0.4) is 0 Å². The van der Waals surface area contributed by atoms with Crippen molar-refractivity contribution in [3.8, 4) is 0 Å². The fourth-order valence-electron chi connectivity index (χ4n) is 1.71. The van der Waals surface area contributed by atoms with E-state index in [-0.39, 0.29) is 10.7 Å². The molecule has 0 spiro atoms. The van der Waals surface area contributed by atoms with Crippen molar-refractivity contribution in [2.24, 2.45) is 5.73 Å².